The summed E-state index contributed by atoms with van der Waals surface area (Å²) in [6.45, 7) is 12.8. The minimum Gasteiger partial charge on any atom is -0.309 e. The Morgan fingerprint density at radius 3 is 2.20 bits per heavy atom. The summed E-state index contributed by atoms with van der Waals surface area (Å²) in [5.41, 5.74) is 2.72. The summed E-state index contributed by atoms with van der Waals surface area (Å²) in [4.78, 5) is 2.67. The Balaban J connectivity index is 1.89. The average molecular weight is 274 g/mol. The molecule has 1 aromatic rings. The lowest BCUT2D eigenvalue weighted by atomic mass is 10.0. The topological polar surface area (TPSA) is 15.3 Å². The second kappa shape index (κ2) is 7.24. The maximum absolute atomic E-state index is 3.74. The third kappa shape index (κ3) is 4.07. The van der Waals surface area contributed by atoms with Gasteiger partial charge in [0.1, 0.15) is 0 Å². The minimum absolute atomic E-state index is 0.430. The summed E-state index contributed by atoms with van der Waals surface area (Å²) in [7, 11) is 0. The highest BCUT2D eigenvalue weighted by molar-refractivity contribution is 5.23. The van der Waals surface area contributed by atoms with Crippen molar-refractivity contribution in [2.24, 2.45) is 5.92 Å². The third-order valence-electron chi connectivity index (χ3n) is 4.59. The van der Waals surface area contributed by atoms with Crippen molar-refractivity contribution in [2.75, 3.05) is 19.6 Å². The molecule has 1 aliphatic heterocycles. The lowest BCUT2D eigenvalue weighted by Crippen LogP contribution is -2.44. The highest BCUT2D eigenvalue weighted by atomic mass is 15.2. The quantitative estimate of drug-likeness (QED) is 0.849. The molecule has 0 aliphatic carbocycles. The van der Waals surface area contributed by atoms with E-state index in [0.717, 1.165) is 6.54 Å². The van der Waals surface area contributed by atoms with E-state index >= 15 is 0 Å². The molecule has 1 N–H and O–H groups in total. The monoisotopic (exact) mass is 274 g/mol. The molecule has 112 valence electrons. The van der Waals surface area contributed by atoms with Crippen LogP contribution in [-0.2, 0) is 0 Å². The molecule has 2 heteroatoms. The molecular formula is C18H30N2. The van der Waals surface area contributed by atoms with Gasteiger partial charge in [-0.25, -0.2) is 0 Å². The molecule has 20 heavy (non-hydrogen) atoms. The first kappa shape index (κ1) is 15.5. The van der Waals surface area contributed by atoms with Crippen LogP contribution in [0, 0.1) is 12.8 Å². The summed E-state index contributed by atoms with van der Waals surface area (Å²) < 4.78 is 0. The van der Waals surface area contributed by atoms with Crippen LogP contribution >= 0.6 is 0 Å². The second-order valence-electron chi connectivity index (χ2n) is 6.60. The van der Waals surface area contributed by atoms with E-state index in [1.54, 1.807) is 0 Å². The van der Waals surface area contributed by atoms with Crippen molar-refractivity contribution in [1.29, 1.82) is 0 Å². The molecule has 1 heterocycles. The molecule has 0 radical (unpaired) electrons. The van der Waals surface area contributed by atoms with Crippen molar-refractivity contribution in [3.63, 3.8) is 0 Å². The van der Waals surface area contributed by atoms with E-state index in [1.807, 2.05) is 0 Å². The number of nitrogens with one attached hydrogen (secondary N) is 1. The van der Waals surface area contributed by atoms with Crippen LogP contribution in [0.4, 0.5) is 0 Å². The molecule has 0 bridgehead atoms. The lowest BCUT2D eigenvalue weighted by Gasteiger charge is -2.32. The molecule has 0 saturated carbocycles. The van der Waals surface area contributed by atoms with E-state index in [4.69, 9.17) is 0 Å². The SMILES string of the molecule is Cc1ccc(C(C)NCC(C(C)C)N2CCCC2)cc1. The van der Waals surface area contributed by atoms with Crippen LogP contribution in [-0.4, -0.2) is 30.6 Å². The number of aryl methyl sites for hydroxylation is 1. The van der Waals surface area contributed by atoms with Gasteiger partial charge in [0.2, 0.25) is 0 Å². The summed E-state index contributed by atoms with van der Waals surface area (Å²) in [6, 6.07) is 9.99. The van der Waals surface area contributed by atoms with Crippen molar-refractivity contribution in [3.8, 4) is 0 Å². The molecule has 2 atom stereocenters. The van der Waals surface area contributed by atoms with E-state index in [1.165, 1.54) is 37.1 Å². The molecule has 1 aliphatic rings. The number of hydrogen-bond donors (Lipinski definition) is 1. The fourth-order valence-corrected chi connectivity index (χ4v) is 3.13. The number of likely N-dealkylation sites (tertiary alicyclic amines) is 1. The van der Waals surface area contributed by atoms with Gasteiger partial charge in [-0.3, -0.25) is 4.90 Å². The van der Waals surface area contributed by atoms with Crippen LogP contribution in [0.2, 0.25) is 0 Å². The molecule has 1 fully saturated rings. The number of nitrogens with zero attached hydrogens (tertiary/aromatic N) is 1. The molecule has 0 aromatic heterocycles. The molecule has 2 unspecified atom stereocenters. The maximum Gasteiger partial charge on any atom is 0.0292 e. The normalized spacial score (nSPS) is 19.4. The fourth-order valence-electron chi connectivity index (χ4n) is 3.13. The predicted octanol–water partition coefficient (Wildman–Crippen LogP) is 3.77. The van der Waals surface area contributed by atoms with Gasteiger partial charge in [-0.05, 0) is 51.3 Å². The standard InChI is InChI=1S/C18H30N2/c1-14(2)18(20-11-5-6-12-20)13-19-16(4)17-9-7-15(3)8-10-17/h7-10,14,16,18-19H,5-6,11-13H2,1-4H3. The third-order valence-corrected chi connectivity index (χ3v) is 4.59. The largest absolute Gasteiger partial charge is 0.309 e. The minimum atomic E-state index is 0.430. The van der Waals surface area contributed by atoms with E-state index in [9.17, 15) is 0 Å². The van der Waals surface area contributed by atoms with Gasteiger partial charge in [-0.1, -0.05) is 43.7 Å². The van der Waals surface area contributed by atoms with Crippen LogP contribution in [0.3, 0.4) is 0 Å². The molecular weight excluding hydrogens is 244 g/mol. The van der Waals surface area contributed by atoms with Gasteiger partial charge in [-0.2, -0.15) is 0 Å². The smallest absolute Gasteiger partial charge is 0.0292 e. The van der Waals surface area contributed by atoms with Crippen LogP contribution in [0.1, 0.15) is 50.8 Å². The second-order valence-corrected chi connectivity index (χ2v) is 6.60. The zero-order chi connectivity index (χ0) is 14.5. The summed E-state index contributed by atoms with van der Waals surface area (Å²) in [6.07, 6.45) is 2.74. The van der Waals surface area contributed by atoms with Gasteiger partial charge in [-0.15, -0.1) is 0 Å². The first-order chi connectivity index (χ1) is 9.58. The van der Waals surface area contributed by atoms with Gasteiger partial charge in [0.15, 0.2) is 0 Å². The van der Waals surface area contributed by atoms with Crippen LogP contribution in [0.5, 0.6) is 0 Å². The number of rotatable bonds is 6. The van der Waals surface area contributed by atoms with Crippen LogP contribution in [0.15, 0.2) is 24.3 Å². The van der Waals surface area contributed by atoms with Crippen molar-refractivity contribution in [2.45, 2.75) is 52.6 Å². The molecule has 1 aromatic carbocycles. The van der Waals surface area contributed by atoms with Crippen LogP contribution in [0.25, 0.3) is 0 Å². The molecule has 0 spiro atoms. The highest BCUT2D eigenvalue weighted by Crippen LogP contribution is 2.19. The van der Waals surface area contributed by atoms with Crippen molar-refractivity contribution >= 4 is 0 Å². The summed E-state index contributed by atoms with van der Waals surface area (Å²) in [5.74, 6) is 0.714. The molecule has 1 saturated heterocycles. The van der Waals surface area contributed by atoms with E-state index in [-0.39, 0.29) is 0 Å². The zero-order valence-corrected chi connectivity index (χ0v) is 13.5. The Kier molecular flexibility index (Phi) is 5.62. The Hall–Kier alpha value is -0.860. The Bertz CT molecular complexity index is 390. The zero-order valence-electron chi connectivity index (χ0n) is 13.5. The van der Waals surface area contributed by atoms with Gasteiger partial charge in [0.25, 0.3) is 0 Å². The van der Waals surface area contributed by atoms with Crippen molar-refractivity contribution in [3.05, 3.63) is 35.4 Å². The summed E-state index contributed by atoms with van der Waals surface area (Å²) in [5, 5.41) is 3.74. The van der Waals surface area contributed by atoms with Crippen molar-refractivity contribution < 1.29 is 0 Å². The Labute approximate surface area is 124 Å². The van der Waals surface area contributed by atoms with Gasteiger partial charge in [0, 0.05) is 18.6 Å². The Morgan fingerprint density at radius 1 is 1.05 bits per heavy atom. The lowest BCUT2D eigenvalue weighted by molar-refractivity contribution is 0.183. The highest BCUT2D eigenvalue weighted by Gasteiger charge is 2.24. The number of benzene rings is 1. The van der Waals surface area contributed by atoms with Gasteiger partial charge < -0.3 is 5.32 Å². The van der Waals surface area contributed by atoms with E-state index in [2.05, 4.69) is 62.2 Å². The molecule has 0 amide bonds. The van der Waals surface area contributed by atoms with E-state index < -0.39 is 0 Å². The van der Waals surface area contributed by atoms with Crippen LogP contribution < -0.4 is 5.32 Å². The molecule has 2 rings (SSSR count). The molecule has 2 nitrogen and oxygen atoms in total. The Morgan fingerprint density at radius 2 is 1.65 bits per heavy atom. The van der Waals surface area contributed by atoms with E-state index in [0.29, 0.717) is 18.0 Å². The first-order valence-electron chi connectivity index (χ1n) is 8.12. The number of hydrogen-bond acceptors (Lipinski definition) is 2. The maximum atomic E-state index is 3.74. The predicted molar refractivity (Wildman–Crippen MR) is 87.0 cm³/mol. The van der Waals surface area contributed by atoms with Gasteiger partial charge in [0.05, 0.1) is 0 Å². The fraction of sp³-hybridized carbons (Fsp3) is 0.667. The average Bonchev–Trinajstić information content (AvgIpc) is 2.93. The van der Waals surface area contributed by atoms with Crippen molar-refractivity contribution in [1.82, 2.24) is 10.2 Å². The van der Waals surface area contributed by atoms with Gasteiger partial charge >= 0.3 is 0 Å². The summed E-state index contributed by atoms with van der Waals surface area (Å²) >= 11 is 0. The first-order valence-corrected chi connectivity index (χ1v) is 8.12.